The van der Waals surface area contributed by atoms with Crippen LogP contribution in [-0.2, 0) is 4.74 Å². The topological polar surface area (TPSA) is 25.4 Å². The summed E-state index contributed by atoms with van der Waals surface area (Å²) in [5, 5.41) is 0.559. The Bertz CT molecular complexity index is 381. The largest absolute Gasteiger partial charge is 0.380 e. The van der Waals surface area contributed by atoms with Crippen LogP contribution in [0.1, 0.15) is 18.5 Å². The molecule has 86 valence electrons. The zero-order valence-electron chi connectivity index (χ0n) is 9.32. The van der Waals surface area contributed by atoms with E-state index in [9.17, 15) is 0 Å². The molecule has 0 N–H and O–H groups in total. The summed E-state index contributed by atoms with van der Waals surface area (Å²) >= 11 is 5.78. The fraction of sp³-hybridized carbons (Fsp3) is 0.583. The van der Waals surface area contributed by atoms with Crippen LogP contribution in [0.3, 0.4) is 0 Å². The van der Waals surface area contributed by atoms with Crippen LogP contribution in [0.25, 0.3) is 0 Å². The highest BCUT2D eigenvalue weighted by Crippen LogP contribution is 2.41. The van der Waals surface area contributed by atoms with Gasteiger partial charge in [-0.25, -0.2) is 4.98 Å². The molecular weight excluding hydrogens is 224 g/mol. The Hall–Kier alpha value is -0.640. The molecule has 1 aromatic rings. The summed E-state index contributed by atoms with van der Waals surface area (Å²) in [6, 6.07) is 4.34. The summed E-state index contributed by atoms with van der Waals surface area (Å²) in [4.78, 5) is 6.59. The van der Waals surface area contributed by atoms with Gasteiger partial charge in [-0.05, 0) is 18.6 Å². The number of nitrogens with zero attached hydrogens (tertiary/aromatic N) is 2. The van der Waals surface area contributed by atoms with Gasteiger partial charge in [-0.3, -0.25) is 4.90 Å². The zero-order chi connectivity index (χ0) is 11.2. The summed E-state index contributed by atoms with van der Waals surface area (Å²) in [7, 11) is 0. The molecule has 1 spiro atoms. The van der Waals surface area contributed by atoms with E-state index >= 15 is 0 Å². The van der Waals surface area contributed by atoms with Gasteiger partial charge in [0.2, 0.25) is 0 Å². The van der Waals surface area contributed by atoms with E-state index < -0.39 is 0 Å². The Balaban J connectivity index is 1.65. The second-order valence-electron chi connectivity index (χ2n) is 4.99. The van der Waals surface area contributed by atoms with Gasteiger partial charge in [-0.15, -0.1) is 0 Å². The van der Waals surface area contributed by atoms with E-state index in [1.165, 1.54) is 5.56 Å². The van der Waals surface area contributed by atoms with Crippen molar-refractivity contribution in [3.8, 4) is 0 Å². The van der Waals surface area contributed by atoms with E-state index in [1.807, 2.05) is 12.3 Å². The maximum atomic E-state index is 5.78. The molecule has 16 heavy (non-hydrogen) atoms. The van der Waals surface area contributed by atoms with Crippen molar-refractivity contribution in [3.05, 3.63) is 29.0 Å². The normalized spacial score (nSPS) is 24.9. The van der Waals surface area contributed by atoms with Crippen molar-refractivity contribution >= 4 is 11.6 Å². The summed E-state index contributed by atoms with van der Waals surface area (Å²) in [6.45, 7) is 6.40. The Morgan fingerprint density at radius 1 is 1.44 bits per heavy atom. The van der Waals surface area contributed by atoms with Gasteiger partial charge in [-0.2, -0.15) is 0 Å². The number of hydrogen-bond donors (Lipinski definition) is 0. The second-order valence-corrected chi connectivity index (χ2v) is 5.38. The molecule has 2 fully saturated rings. The highest BCUT2D eigenvalue weighted by atomic mass is 35.5. The summed E-state index contributed by atoms with van der Waals surface area (Å²) in [5.74, 6) is 0. The zero-order valence-corrected chi connectivity index (χ0v) is 10.1. The lowest BCUT2D eigenvalue weighted by Gasteiger charge is -2.57. The number of likely N-dealkylation sites (tertiary alicyclic amines) is 1. The Morgan fingerprint density at radius 3 is 2.69 bits per heavy atom. The van der Waals surface area contributed by atoms with Crippen molar-refractivity contribution in [2.75, 3.05) is 26.3 Å². The van der Waals surface area contributed by atoms with Gasteiger partial charge in [0.15, 0.2) is 0 Å². The minimum Gasteiger partial charge on any atom is -0.380 e. The summed E-state index contributed by atoms with van der Waals surface area (Å²) in [5.41, 5.74) is 1.72. The third kappa shape index (κ3) is 1.63. The van der Waals surface area contributed by atoms with E-state index in [4.69, 9.17) is 16.3 Å². The van der Waals surface area contributed by atoms with Gasteiger partial charge in [0.25, 0.3) is 0 Å². The Morgan fingerprint density at radius 2 is 2.19 bits per heavy atom. The molecule has 0 saturated carbocycles. The lowest BCUT2D eigenvalue weighted by molar-refractivity contribution is -0.197. The van der Waals surface area contributed by atoms with Crippen molar-refractivity contribution < 1.29 is 4.74 Å². The summed E-state index contributed by atoms with van der Waals surface area (Å²) in [6.07, 6.45) is 1.87. The molecule has 0 unspecified atom stereocenters. The summed E-state index contributed by atoms with van der Waals surface area (Å²) < 4.78 is 5.27. The van der Waals surface area contributed by atoms with Gasteiger partial charge in [0.1, 0.15) is 5.15 Å². The van der Waals surface area contributed by atoms with Gasteiger partial charge in [-0.1, -0.05) is 17.7 Å². The fourth-order valence-electron chi connectivity index (χ4n) is 2.51. The molecule has 1 aromatic heterocycles. The standard InChI is InChI=1S/C12H15ClN2O/c1-9(10-2-3-11(13)14-4-10)15-5-12(6-15)7-16-8-12/h2-4,9H,5-8H2,1H3/t9-/m0/s1. The van der Waals surface area contributed by atoms with Crippen LogP contribution in [0.15, 0.2) is 18.3 Å². The molecule has 0 amide bonds. The van der Waals surface area contributed by atoms with Crippen molar-refractivity contribution in [1.29, 1.82) is 0 Å². The SMILES string of the molecule is C[C@@H](c1ccc(Cl)nc1)N1CC2(COC2)C1. The quantitative estimate of drug-likeness (QED) is 0.739. The number of pyridine rings is 1. The number of aromatic nitrogens is 1. The number of rotatable bonds is 2. The molecule has 2 aliphatic rings. The highest BCUT2D eigenvalue weighted by Gasteiger charge is 2.50. The predicted molar refractivity (Wildman–Crippen MR) is 62.5 cm³/mol. The maximum Gasteiger partial charge on any atom is 0.129 e. The van der Waals surface area contributed by atoms with Crippen LogP contribution >= 0.6 is 11.6 Å². The molecule has 3 rings (SSSR count). The molecule has 3 nitrogen and oxygen atoms in total. The first-order valence-corrected chi connectivity index (χ1v) is 6.00. The first-order valence-electron chi connectivity index (χ1n) is 5.62. The minimum absolute atomic E-state index is 0.427. The van der Waals surface area contributed by atoms with E-state index in [2.05, 4.69) is 22.9 Å². The molecule has 3 heterocycles. The van der Waals surface area contributed by atoms with Crippen molar-refractivity contribution in [2.24, 2.45) is 5.41 Å². The van der Waals surface area contributed by atoms with Crippen LogP contribution in [-0.4, -0.2) is 36.2 Å². The predicted octanol–water partition coefficient (Wildman–Crippen LogP) is 2.13. The maximum absolute atomic E-state index is 5.78. The van der Waals surface area contributed by atoms with Crippen molar-refractivity contribution in [1.82, 2.24) is 9.88 Å². The number of halogens is 1. The van der Waals surface area contributed by atoms with E-state index in [0.717, 1.165) is 26.3 Å². The van der Waals surface area contributed by atoms with Crippen LogP contribution in [0.5, 0.6) is 0 Å². The third-order valence-electron chi connectivity index (χ3n) is 3.67. The van der Waals surface area contributed by atoms with Gasteiger partial charge in [0, 0.05) is 30.7 Å². The van der Waals surface area contributed by atoms with Crippen LogP contribution in [0.4, 0.5) is 0 Å². The van der Waals surface area contributed by atoms with Crippen molar-refractivity contribution in [3.63, 3.8) is 0 Å². The van der Waals surface area contributed by atoms with E-state index in [-0.39, 0.29) is 0 Å². The smallest absolute Gasteiger partial charge is 0.129 e. The van der Waals surface area contributed by atoms with E-state index in [0.29, 0.717) is 16.6 Å². The van der Waals surface area contributed by atoms with Gasteiger partial charge in [0.05, 0.1) is 13.2 Å². The second kappa shape index (κ2) is 3.69. The molecule has 2 aliphatic heterocycles. The molecular formula is C12H15ClN2O. The fourth-order valence-corrected chi connectivity index (χ4v) is 2.62. The van der Waals surface area contributed by atoms with Crippen LogP contribution in [0.2, 0.25) is 5.15 Å². The van der Waals surface area contributed by atoms with Gasteiger partial charge < -0.3 is 4.74 Å². The van der Waals surface area contributed by atoms with Crippen LogP contribution in [0, 0.1) is 5.41 Å². The highest BCUT2D eigenvalue weighted by molar-refractivity contribution is 6.29. The average molecular weight is 239 g/mol. The lowest BCUT2D eigenvalue weighted by atomic mass is 9.77. The molecule has 0 aromatic carbocycles. The lowest BCUT2D eigenvalue weighted by Crippen LogP contribution is -2.66. The van der Waals surface area contributed by atoms with Crippen LogP contribution < -0.4 is 0 Å². The Kier molecular flexibility index (Phi) is 2.42. The molecule has 0 bridgehead atoms. The molecule has 1 atom stereocenters. The molecule has 4 heteroatoms. The first-order chi connectivity index (χ1) is 7.69. The van der Waals surface area contributed by atoms with Gasteiger partial charge >= 0.3 is 0 Å². The van der Waals surface area contributed by atoms with E-state index in [1.54, 1.807) is 0 Å². The molecule has 0 radical (unpaired) electrons. The van der Waals surface area contributed by atoms with Crippen molar-refractivity contribution in [2.45, 2.75) is 13.0 Å². The average Bonchev–Trinajstić information content (AvgIpc) is 2.14. The first kappa shape index (κ1) is 10.5. The minimum atomic E-state index is 0.427. The third-order valence-corrected chi connectivity index (χ3v) is 3.90. The monoisotopic (exact) mass is 238 g/mol. The number of hydrogen-bond acceptors (Lipinski definition) is 3. The Labute approximate surface area is 100 Å². The molecule has 0 aliphatic carbocycles. The molecule has 2 saturated heterocycles. The number of ether oxygens (including phenoxy) is 1.